The van der Waals surface area contributed by atoms with Gasteiger partial charge in [0, 0.05) is 18.2 Å². The monoisotopic (exact) mass is 353 g/mol. The standard InChI is InChI=1S/C18H19N5O3/c1-10(2)26-18(25)21-14-8-15-17(19-9-14)23-16(22-15)12-5-4-6-13(7-12)20-11(3)24/h4-10H,1-3H3,(H,20,24)(H,21,25)(H,19,22,23). The van der Waals surface area contributed by atoms with Crippen molar-refractivity contribution in [3.05, 3.63) is 36.5 Å². The number of anilines is 2. The molecule has 3 rings (SSSR count). The van der Waals surface area contributed by atoms with Gasteiger partial charge in [-0.15, -0.1) is 0 Å². The van der Waals surface area contributed by atoms with Gasteiger partial charge in [-0.2, -0.15) is 0 Å². The Labute approximate surface area is 150 Å². The lowest BCUT2D eigenvalue weighted by atomic mass is 10.2. The average molecular weight is 353 g/mol. The molecular weight excluding hydrogens is 334 g/mol. The van der Waals surface area contributed by atoms with E-state index in [4.69, 9.17) is 4.74 Å². The van der Waals surface area contributed by atoms with Gasteiger partial charge < -0.3 is 15.0 Å². The second-order valence-corrected chi connectivity index (χ2v) is 6.02. The number of hydrogen-bond donors (Lipinski definition) is 3. The van der Waals surface area contributed by atoms with Crippen LogP contribution in [0.2, 0.25) is 0 Å². The first-order valence-electron chi connectivity index (χ1n) is 8.12. The maximum Gasteiger partial charge on any atom is 0.411 e. The Morgan fingerprint density at radius 3 is 2.69 bits per heavy atom. The first-order valence-corrected chi connectivity index (χ1v) is 8.12. The van der Waals surface area contributed by atoms with Crippen LogP contribution in [0.5, 0.6) is 0 Å². The van der Waals surface area contributed by atoms with Crippen molar-refractivity contribution in [2.75, 3.05) is 10.6 Å². The highest BCUT2D eigenvalue weighted by Gasteiger charge is 2.10. The third-order valence-electron chi connectivity index (χ3n) is 3.38. The molecule has 0 fully saturated rings. The number of nitrogens with one attached hydrogen (secondary N) is 3. The summed E-state index contributed by atoms with van der Waals surface area (Å²) in [5.41, 5.74) is 3.19. The van der Waals surface area contributed by atoms with E-state index < -0.39 is 6.09 Å². The fraction of sp³-hybridized carbons (Fsp3) is 0.222. The Kier molecular flexibility index (Phi) is 4.83. The smallest absolute Gasteiger partial charge is 0.411 e. The molecule has 0 saturated carbocycles. The summed E-state index contributed by atoms with van der Waals surface area (Å²) in [6.07, 6.45) is 0.771. The largest absolute Gasteiger partial charge is 0.447 e. The third kappa shape index (κ3) is 4.15. The topological polar surface area (TPSA) is 109 Å². The Bertz CT molecular complexity index is 964. The van der Waals surface area contributed by atoms with Crippen LogP contribution < -0.4 is 10.6 Å². The summed E-state index contributed by atoms with van der Waals surface area (Å²) >= 11 is 0. The van der Waals surface area contributed by atoms with Crippen molar-refractivity contribution in [1.82, 2.24) is 15.0 Å². The number of carbonyl (C=O) groups excluding carboxylic acids is 2. The average Bonchev–Trinajstić information content (AvgIpc) is 2.97. The molecule has 134 valence electrons. The molecule has 0 aliphatic heterocycles. The predicted molar refractivity (Wildman–Crippen MR) is 98.9 cm³/mol. The number of carbonyl (C=O) groups is 2. The van der Waals surface area contributed by atoms with E-state index in [1.807, 2.05) is 18.2 Å². The van der Waals surface area contributed by atoms with Gasteiger partial charge in [0.15, 0.2) is 5.65 Å². The molecule has 2 aromatic heterocycles. The van der Waals surface area contributed by atoms with Crippen molar-refractivity contribution in [2.45, 2.75) is 26.9 Å². The number of fused-ring (bicyclic) bond motifs is 1. The first-order chi connectivity index (χ1) is 12.4. The van der Waals surface area contributed by atoms with E-state index in [9.17, 15) is 9.59 Å². The highest BCUT2D eigenvalue weighted by atomic mass is 16.6. The number of H-pyrrole nitrogens is 1. The fourth-order valence-corrected chi connectivity index (χ4v) is 2.41. The molecule has 0 atom stereocenters. The molecule has 26 heavy (non-hydrogen) atoms. The summed E-state index contributed by atoms with van der Waals surface area (Å²) in [6, 6.07) is 9.06. The van der Waals surface area contributed by atoms with Crippen molar-refractivity contribution >= 4 is 34.5 Å². The molecule has 0 bridgehead atoms. The molecule has 0 saturated heterocycles. The molecule has 2 heterocycles. The summed E-state index contributed by atoms with van der Waals surface area (Å²) in [5, 5.41) is 5.36. The molecule has 3 N–H and O–H groups in total. The Morgan fingerprint density at radius 2 is 1.96 bits per heavy atom. The highest BCUT2D eigenvalue weighted by Crippen LogP contribution is 2.23. The van der Waals surface area contributed by atoms with Gasteiger partial charge in [-0.25, -0.2) is 14.8 Å². The lowest BCUT2D eigenvalue weighted by Crippen LogP contribution is -2.18. The third-order valence-corrected chi connectivity index (χ3v) is 3.38. The van der Waals surface area contributed by atoms with Crippen LogP contribution in [0.3, 0.4) is 0 Å². The van der Waals surface area contributed by atoms with Gasteiger partial charge >= 0.3 is 6.09 Å². The molecule has 8 nitrogen and oxygen atoms in total. The predicted octanol–water partition coefficient (Wildman–Crippen LogP) is 3.54. The van der Waals surface area contributed by atoms with E-state index in [0.29, 0.717) is 28.4 Å². The molecule has 0 spiro atoms. The van der Waals surface area contributed by atoms with Crippen molar-refractivity contribution < 1.29 is 14.3 Å². The number of rotatable bonds is 4. The lowest BCUT2D eigenvalue weighted by Gasteiger charge is -2.08. The molecule has 0 aliphatic rings. The SMILES string of the molecule is CC(=O)Nc1cccc(-c2nc3ncc(NC(=O)OC(C)C)cc3[nH]2)c1. The van der Waals surface area contributed by atoms with E-state index in [0.717, 1.165) is 5.56 Å². The molecule has 1 aromatic carbocycles. The Hall–Kier alpha value is -3.42. The molecular formula is C18H19N5O3. The van der Waals surface area contributed by atoms with Gasteiger partial charge in [-0.1, -0.05) is 12.1 Å². The van der Waals surface area contributed by atoms with Crippen LogP contribution in [0.1, 0.15) is 20.8 Å². The van der Waals surface area contributed by atoms with Crippen LogP contribution in [0, 0.1) is 0 Å². The number of imidazole rings is 1. The van der Waals surface area contributed by atoms with E-state index in [2.05, 4.69) is 25.6 Å². The molecule has 0 aliphatic carbocycles. The summed E-state index contributed by atoms with van der Waals surface area (Å²) in [6.45, 7) is 5.01. The minimum Gasteiger partial charge on any atom is -0.447 e. The number of hydrogen-bond acceptors (Lipinski definition) is 5. The molecule has 0 radical (unpaired) electrons. The zero-order valence-electron chi connectivity index (χ0n) is 14.7. The molecule has 3 aromatic rings. The normalized spacial score (nSPS) is 10.8. The van der Waals surface area contributed by atoms with Crippen LogP contribution in [-0.4, -0.2) is 33.1 Å². The van der Waals surface area contributed by atoms with Crippen LogP contribution in [-0.2, 0) is 9.53 Å². The molecule has 2 amide bonds. The zero-order valence-corrected chi connectivity index (χ0v) is 14.7. The van der Waals surface area contributed by atoms with Gasteiger partial charge in [0.25, 0.3) is 0 Å². The maximum atomic E-state index is 11.7. The van der Waals surface area contributed by atoms with Gasteiger partial charge in [-0.3, -0.25) is 10.1 Å². The summed E-state index contributed by atoms with van der Waals surface area (Å²) in [5.74, 6) is 0.471. The Balaban J connectivity index is 1.85. The number of amides is 2. The number of aromatic amines is 1. The number of benzene rings is 1. The van der Waals surface area contributed by atoms with Crippen LogP contribution in [0.4, 0.5) is 16.2 Å². The lowest BCUT2D eigenvalue weighted by molar-refractivity contribution is -0.114. The maximum absolute atomic E-state index is 11.7. The van der Waals surface area contributed by atoms with Gasteiger partial charge in [0.1, 0.15) is 5.82 Å². The quantitative estimate of drug-likeness (QED) is 0.665. The second-order valence-electron chi connectivity index (χ2n) is 6.02. The van der Waals surface area contributed by atoms with Gasteiger partial charge in [0.05, 0.1) is 23.5 Å². The first kappa shape index (κ1) is 17.4. The molecule has 8 heteroatoms. The second kappa shape index (κ2) is 7.22. The van der Waals surface area contributed by atoms with Gasteiger partial charge in [0.2, 0.25) is 5.91 Å². The number of nitrogens with zero attached hydrogens (tertiary/aromatic N) is 2. The van der Waals surface area contributed by atoms with E-state index in [1.165, 1.54) is 13.1 Å². The molecule has 0 unspecified atom stereocenters. The van der Waals surface area contributed by atoms with E-state index in [-0.39, 0.29) is 12.0 Å². The Morgan fingerprint density at radius 1 is 1.15 bits per heavy atom. The van der Waals surface area contributed by atoms with Crippen molar-refractivity contribution in [1.29, 1.82) is 0 Å². The van der Waals surface area contributed by atoms with E-state index in [1.54, 1.807) is 26.0 Å². The number of aromatic nitrogens is 3. The van der Waals surface area contributed by atoms with E-state index >= 15 is 0 Å². The summed E-state index contributed by atoms with van der Waals surface area (Å²) in [7, 11) is 0. The van der Waals surface area contributed by atoms with Gasteiger partial charge in [-0.05, 0) is 32.0 Å². The minimum absolute atomic E-state index is 0.141. The van der Waals surface area contributed by atoms with Crippen molar-refractivity contribution in [2.24, 2.45) is 0 Å². The summed E-state index contributed by atoms with van der Waals surface area (Å²) in [4.78, 5) is 34.8. The number of ether oxygens (including phenoxy) is 1. The van der Waals surface area contributed by atoms with Crippen molar-refractivity contribution in [3.8, 4) is 11.4 Å². The van der Waals surface area contributed by atoms with Crippen LogP contribution in [0.15, 0.2) is 36.5 Å². The summed E-state index contributed by atoms with van der Waals surface area (Å²) < 4.78 is 5.05. The van der Waals surface area contributed by atoms with Crippen LogP contribution in [0.25, 0.3) is 22.6 Å². The fourth-order valence-electron chi connectivity index (χ4n) is 2.41. The van der Waals surface area contributed by atoms with Crippen LogP contribution >= 0.6 is 0 Å². The highest BCUT2D eigenvalue weighted by molar-refractivity contribution is 5.90. The zero-order chi connectivity index (χ0) is 18.7. The number of pyridine rings is 1. The minimum atomic E-state index is -0.538. The van der Waals surface area contributed by atoms with Crippen molar-refractivity contribution in [3.63, 3.8) is 0 Å².